The molecule has 228 valence electrons. The Morgan fingerprint density at radius 2 is 0.878 bits per heavy atom. The van der Waals surface area contributed by atoms with E-state index in [4.69, 9.17) is 0 Å². The molecule has 2 aromatic rings. The van der Waals surface area contributed by atoms with Gasteiger partial charge in [0.25, 0.3) is 0 Å². The standard InChI is InChI=1S/C36H60O3S.Na/c1-3-5-7-9-11-13-15-17-19-21-23-26-32-28-25-29-35-34(32)31-30-33(36(35)40(37,38)39)27-24-22-20-18-16-14-12-10-8-6-4-2;/h25,28-31H,3-24,26-27H2,1-2H3,(H,37,38,39);/q;+1/p-1. The van der Waals surface area contributed by atoms with Crippen molar-refractivity contribution in [2.75, 3.05) is 0 Å². The van der Waals surface area contributed by atoms with Gasteiger partial charge in [-0.3, -0.25) is 0 Å². The first-order valence-corrected chi connectivity index (χ1v) is 18.4. The molecule has 0 radical (unpaired) electrons. The summed E-state index contributed by atoms with van der Waals surface area (Å²) < 4.78 is 37.2. The van der Waals surface area contributed by atoms with Gasteiger partial charge in [-0.25, -0.2) is 8.42 Å². The average molecular weight is 595 g/mol. The van der Waals surface area contributed by atoms with E-state index in [-0.39, 0.29) is 34.5 Å². The van der Waals surface area contributed by atoms with Gasteiger partial charge in [0, 0.05) is 0 Å². The Kier molecular flexibility index (Phi) is 22.6. The minimum Gasteiger partial charge on any atom is -0.744 e. The maximum Gasteiger partial charge on any atom is 1.00 e. The average Bonchev–Trinajstić information content (AvgIpc) is 2.93. The molecule has 0 fully saturated rings. The Bertz CT molecular complexity index is 1030. The van der Waals surface area contributed by atoms with E-state index >= 15 is 0 Å². The smallest absolute Gasteiger partial charge is 0.744 e. The summed E-state index contributed by atoms with van der Waals surface area (Å²) in [5.41, 5.74) is 1.87. The topological polar surface area (TPSA) is 57.2 Å². The Labute approximate surface area is 276 Å². The third-order valence-electron chi connectivity index (χ3n) is 8.53. The summed E-state index contributed by atoms with van der Waals surface area (Å²) in [4.78, 5) is 0.0258. The zero-order valence-corrected chi connectivity index (χ0v) is 29.8. The maximum absolute atomic E-state index is 12.4. The Balaban J connectivity index is 0.00000840. The van der Waals surface area contributed by atoms with E-state index in [0.717, 1.165) is 31.1 Å². The first-order chi connectivity index (χ1) is 19.5. The molecular formula is C36H59NaO3S. The second-order valence-electron chi connectivity index (χ2n) is 12.1. The number of unbranched alkanes of at least 4 members (excludes halogenated alkanes) is 20. The van der Waals surface area contributed by atoms with Gasteiger partial charge in [0.2, 0.25) is 0 Å². The Hall–Kier alpha value is -0.390. The second-order valence-corrected chi connectivity index (χ2v) is 13.4. The maximum atomic E-state index is 12.4. The number of benzene rings is 2. The molecule has 0 heterocycles. The summed E-state index contributed by atoms with van der Waals surface area (Å²) in [5.74, 6) is 0. The van der Waals surface area contributed by atoms with Crippen LogP contribution in [0, 0.1) is 0 Å². The van der Waals surface area contributed by atoms with E-state index in [1.54, 1.807) is 0 Å². The van der Waals surface area contributed by atoms with Gasteiger partial charge in [-0.05, 0) is 47.6 Å². The summed E-state index contributed by atoms with van der Waals surface area (Å²) in [6.07, 6.45) is 29.8. The van der Waals surface area contributed by atoms with Gasteiger partial charge >= 0.3 is 29.6 Å². The number of hydrogen-bond acceptors (Lipinski definition) is 3. The molecular weight excluding hydrogens is 535 g/mol. The van der Waals surface area contributed by atoms with Gasteiger partial charge in [-0.1, -0.05) is 173 Å². The van der Waals surface area contributed by atoms with Crippen molar-refractivity contribution in [2.45, 2.75) is 173 Å². The van der Waals surface area contributed by atoms with Crippen molar-refractivity contribution in [1.82, 2.24) is 0 Å². The normalized spacial score (nSPS) is 11.7. The van der Waals surface area contributed by atoms with E-state index in [9.17, 15) is 13.0 Å². The minimum atomic E-state index is -4.54. The SMILES string of the molecule is CCCCCCCCCCCCCc1ccc2c(CCCCCCCCCCCCC)cccc2c1S(=O)(=O)[O-].[Na+]. The van der Waals surface area contributed by atoms with Crippen LogP contribution in [-0.4, -0.2) is 13.0 Å². The molecule has 0 saturated carbocycles. The number of rotatable bonds is 25. The van der Waals surface area contributed by atoms with Crippen molar-refractivity contribution in [3.8, 4) is 0 Å². The second kappa shape index (κ2) is 24.0. The first kappa shape index (κ1) is 38.6. The molecule has 0 spiro atoms. The van der Waals surface area contributed by atoms with Gasteiger partial charge in [0.15, 0.2) is 0 Å². The Morgan fingerprint density at radius 3 is 1.29 bits per heavy atom. The van der Waals surface area contributed by atoms with Crippen molar-refractivity contribution in [3.05, 3.63) is 41.5 Å². The summed E-state index contributed by atoms with van der Waals surface area (Å²) in [6, 6.07) is 9.83. The molecule has 3 nitrogen and oxygen atoms in total. The molecule has 2 aromatic carbocycles. The van der Waals surface area contributed by atoms with Gasteiger partial charge in [0.1, 0.15) is 10.1 Å². The van der Waals surface area contributed by atoms with Crippen molar-refractivity contribution < 1.29 is 42.5 Å². The summed E-state index contributed by atoms with van der Waals surface area (Å²) >= 11 is 0. The molecule has 0 unspecified atom stereocenters. The van der Waals surface area contributed by atoms with Crippen LogP contribution in [-0.2, 0) is 23.0 Å². The monoisotopic (exact) mass is 594 g/mol. The minimum absolute atomic E-state index is 0. The fourth-order valence-corrected chi connectivity index (χ4v) is 7.05. The van der Waals surface area contributed by atoms with Crippen molar-refractivity contribution >= 4 is 20.9 Å². The number of aryl methyl sites for hydroxylation is 2. The van der Waals surface area contributed by atoms with Gasteiger partial charge in [-0.15, -0.1) is 0 Å². The van der Waals surface area contributed by atoms with Crippen LogP contribution in [0.3, 0.4) is 0 Å². The van der Waals surface area contributed by atoms with Crippen LogP contribution in [0.4, 0.5) is 0 Å². The zero-order chi connectivity index (χ0) is 28.9. The van der Waals surface area contributed by atoms with Crippen LogP contribution in [0.1, 0.15) is 166 Å². The van der Waals surface area contributed by atoms with Crippen molar-refractivity contribution in [2.24, 2.45) is 0 Å². The molecule has 0 atom stereocenters. The van der Waals surface area contributed by atoms with E-state index in [2.05, 4.69) is 26.0 Å². The predicted octanol–water partition coefficient (Wildman–Crippen LogP) is 8.45. The largest absolute Gasteiger partial charge is 1.00 e. The zero-order valence-electron chi connectivity index (χ0n) is 27.0. The number of fused-ring (bicyclic) bond motifs is 1. The molecule has 2 rings (SSSR count). The van der Waals surface area contributed by atoms with E-state index in [1.165, 1.54) is 128 Å². The van der Waals surface area contributed by atoms with Gasteiger partial charge < -0.3 is 4.55 Å². The van der Waals surface area contributed by atoms with Crippen molar-refractivity contribution in [3.63, 3.8) is 0 Å². The summed E-state index contributed by atoms with van der Waals surface area (Å²) in [6.45, 7) is 4.52. The van der Waals surface area contributed by atoms with E-state index in [1.807, 2.05) is 18.2 Å². The summed E-state index contributed by atoms with van der Waals surface area (Å²) in [5, 5.41) is 1.56. The Morgan fingerprint density at radius 1 is 0.488 bits per heavy atom. The van der Waals surface area contributed by atoms with Crippen LogP contribution >= 0.6 is 0 Å². The molecule has 0 aromatic heterocycles. The molecule has 41 heavy (non-hydrogen) atoms. The van der Waals surface area contributed by atoms with E-state index in [0.29, 0.717) is 17.4 Å². The van der Waals surface area contributed by atoms with Crippen molar-refractivity contribution in [1.29, 1.82) is 0 Å². The van der Waals surface area contributed by atoms with Crippen LogP contribution in [0.2, 0.25) is 0 Å². The molecule has 0 aliphatic rings. The van der Waals surface area contributed by atoms with E-state index < -0.39 is 10.1 Å². The summed E-state index contributed by atoms with van der Waals surface area (Å²) in [7, 11) is -4.54. The molecule has 0 aliphatic heterocycles. The van der Waals surface area contributed by atoms with Gasteiger partial charge in [0.05, 0.1) is 4.90 Å². The van der Waals surface area contributed by atoms with Gasteiger partial charge in [-0.2, -0.15) is 0 Å². The molecule has 0 saturated heterocycles. The molecule has 0 N–H and O–H groups in total. The molecule has 0 amide bonds. The molecule has 0 bridgehead atoms. The predicted molar refractivity (Wildman–Crippen MR) is 172 cm³/mol. The first-order valence-electron chi connectivity index (χ1n) is 17.0. The van der Waals surface area contributed by atoms with Crippen LogP contribution in [0.15, 0.2) is 35.2 Å². The quantitative estimate of drug-likeness (QED) is 0.0658. The third kappa shape index (κ3) is 16.3. The number of hydrogen-bond donors (Lipinski definition) is 0. The third-order valence-corrected chi connectivity index (χ3v) is 9.52. The van der Waals surface area contributed by atoms with Crippen LogP contribution in [0.25, 0.3) is 10.8 Å². The van der Waals surface area contributed by atoms with Crippen LogP contribution < -0.4 is 29.6 Å². The molecule has 5 heteroatoms. The van der Waals surface area contributed by atoms with Crippen LogP contribution in [0.5, 0.6) is 0 Å². The fourth-order valence-electron chi connectivity index (χ4n) is 6.11. The molecule has 0 aliphatic carbocycles. The fraction of sp³-hybridized carbons (Fsp3) is 0.722.